The lowest BCUT2D eigenvalue weighted by atomic mass is 10.1. The van der Waals surface area contributed by atoms with Gasteiger partial charge >= 0.3 is 0 Å². The summed E-state index contributed by atoms with van der Waals surface area (Å²) >= 11 is 5.35. The largest absolute Gasteiger partial charge is 0.489 e. The van der Waals surface area contributed by atoms with E-state index in [4.69, 9.17) is 4.74 Å². The van der Waals surface area contributed by atoms with Gasteiger partial charge < -0.3 is 10.1 Å². The number of ether oxygens (including phenoxy) is 1. The minimum atomic E-state index is 0.137. The van der Waals surface area contributed by atoms with Gasteiger partial charge in [-0.15, -0.1) is 11.3 Å². The minimum Gasteiger partial charge on any atom is -0.489 e. The van der Waals surface area contributed by atoms with Gasteiger partial charge in [-0.1, -0.05) is 6.92 Å². The Bertz CT molecular complexity index is 556. The molecule has 1 atom stereocenters. The Morgan fingerprint density at radius 1 is 1.40 bits per heavy atom. The zero-order valence-corrected chi connectivity index (χ0v) is 14.3. The van der Waals surface area contributed by atoms with Crippen molar-refractivity contribution in [3.63, 3.8) is 0 Å². The topological polar surface area (TPSA) is 34.2 Å². The zero-order chi connectivity index (χ0) is 14.5. The van der Waals surface area contributed by atoms with Crippen LogP contribution in [0.1, 0.15) is 37.3 Å². The van der Waals surface area contributed by atoms with Crippen molar-refractivity contribution in [2.24, 2.45) is 0 Å². The highest BCUT2D eigenvalue weighted by Gasteiger charge is 2.18. The number of halogens is 1. The summed E-state index contributed by atoms with van der Waals surface area (Å²) in [5, 5.41) is 5.60. The van der Waals surface area contributed by atoms with Crippen LogP contribution in [0.15, 0.2) is 34.4 Å². The number of aromatic nitrogens is 1. The number of hydrogen-bond acceptors (Lipinski definition) is 4. The first kappa shape index (κ1) is 15.5. The maximum Gasteiger partial charge on any atom is 0.138 e. The summed E-state index contributed by atoms with van der Waals surface area (Å²) in [6.45, 7) is 7.04. The molecule has 0 fully saturated rings. The number of hydrogen-bond donors (Lipinski definition) is 1. The first-order chi connectivity index (χ1) is 9.61. The maximum atomic E-state index is 5.73. The lowest BCUT2D eigenvalue weighted by Crippen LogP contribution is -2.21. The van der Waals surface area contributed by atoms with Crippen LogP contribution in [0.25, 0.3) is 0 Å². The molecule has 0 aliphatic carbocycles. The molecular weight excluding hydrogens is 336 g/mol. The summed E-state index contributed by atoms with van der Waals surface area (Å²) < 4.78 is 6.86. The third-order valence-electron chi connectivity index (χ3n) is 2.75. The van der Waals surface area contributed by atoms with Crippen molar-refractivity contribution in [2.75, 3.05) is 6.54 Å². The highest BCUT2D eigenvalue weighted by molar-refractivity contribution is 9.10. The molecule has 0 saturated carbocycles. The Hall–Kier alpha value is -0.910. The van der Waals surface area contributed by atoms with Gasteiger partial charge in [-0.25, -0.2) is 0 Å². The number of rotatable bonds is 6. The van der Waals surface area contributed by atoms with Crippen molar-refractivity contribution < 1.29 is 4.74 Å². The van der Waals surface area contributed by atoms with Crippen molar-refractivity contribution >= 4 is 27.3 Å². The second-order valence-corrected chi connectivity index (χ2v) is 6.55. The fourth-order valence-corrected chi connectivity index (χ4v) is 3.71. The predicted molar refractivity (Wildman–Crippen MR) is 87.5 cm³/mol. The van der Waals surface area contributed by atoms with Gasteiger partial charge in [0.1, 0.15) is 5.75 Å². The van der Waals surface area contributed by atoms with E-state index < -0.39 is 0 Å². The fourth-order valence-electron chi connectivity index (χ4n) is 2.01. The number of nitrogens with one attached hydrogen (secondary N) is 1. The second-order valence-electron chi connectivity index (χ2n) is 4.74. The molecule has 0 radical (unpaired) electrons. The summed E-state index contributed by atoms with van der Waals surface area (Å²) in [5.41, 5.74) is 1.12. The van der Waals surface area contributed by atoms with E-state index in [9.17, 15) is 0 Å². The number of nitrogens with zero attached hydrogens (tertiary/aromatic N) is 1. The summed E-state index contributed by atoms with van der Waals surface area (Å²) in [7, 11) is 0. The smallest absolute Gasteiger partial charge is 0.138 e. The molecular formula is C15H19BrN2OS. The molecule has 20 heavy (non-hydrogen) atoms. The van der Waals surface area contributed by atoms with Crippen LogP contribution in [0.4, 0.5) is 0 Å². The molecule has 2 rings (SSSR count). The summed E-state index contributed by atoms with van der Waals surface area (Å²) in [6, 6.07) is 4.27. The van der Waals surface area contributed by atoms with Crippen LogP contribution >= 0.6 is 27.3 Å². The molecule has 2 aromatic heterocycles. The molecule has 0 saturated heterocycles. The van der Waals surface area contributed by atoms with Crippen molar-refractivity contribution in [1.29, 1.82) is 0 Å². The third kappa shape index (κ3) is 3.81. The standard InChI is InChI=1S/C15H19BrN2OS/c1-4-18-14(15-13(16)5-6-20-15)11-7-12(9-17-8-11)19-10(2)3/h5-10,14,18H,4H2,1-3H3. The minimum absolute atomic E-state index is 0.137. The van der Waals surface area contributed by atoms with Crippen LogP contribution < -0.4 is 10.1 Å². The highest BCUT2D eigenvalue weighted by atomic mass is 79.9. The molecule has 2 aromatic rings. The average Bonchev–Trinajstić information content (AvgIpc) is 2.81. The van der Waals surface area contributed by atoms with Gasteiger partial charge in [0.25, 0.3) is 0 Å². The normalized spacial score (nSPS) is 12.7. The molecule has 0 aliphatic heterocycles. The zero-order valence-electron chi connectivity index (χ0n) is 11.9. The molecule has 2 heterocycles. The van der Waals surface area contributed by atoms with E-state index in [2.05, 4.69) is 50.7 Å². The van der Waals surface area contributed by atoms with Gasteiger partial charge in [0.05, 0.1) is 18.3 Å². The van der Waals surface area contributed by atoms with Crippen molar-refractivity contribution in [2.45, 2.75) is 32.9 Å². The fraction of sp³-hybridized carbons (Fsp3) is 0.400. The number of thiophene rings is 1. The van der Waals surface area contributed by atoms with Crippen LogP contribution in [0.5, 0.6) is 5.75 Å². The van der Waals surface area contributed by atoms with Crippen molar-refractivity contribution in [3.05, 3.63) is 44.8 Å². The lowest BCUT2D eigenvalue weighted by molar-refractivity contribution is 0.241. The molecule has 0 aliphatic rings. The van der Waals surface area contributed by atoms with E-state index in [1.165, 1.54) is 4.88 Å². The van der Waals surface area contributed by atoms with Gasteiger partial charge in [0.2, 0.25) is 0 Å². The van der Waals surface area contributed by atoms with E-state index >= 15 is 0 Å². The number of pyridine rings is 1. The molecule has 0 spiro atoms. The summed E-state index contributed by atoms with van der Waals surface area (Å²) in [6.07, 6.45) is 3.81. The van der Waals surface area contributed by atoms with Gasteiger partial charge in [-0.05, 0) is 59.4 Å². The van der Waals surface area contributed by atoms with E-state index in [0.717, 1.165) is 22.3 Å². The van der Waals surface area contributed by atoms with Crippen LogP contribution in [0, 0.1) is 0 Å². The summed E-state index contributed by atoms with van der Waals surface area (Å²) in [5.74, 6) is 0.813. The molecule has 5 heteroatoms. The van der Waals surface area contributed by atoms with E-state index in [1.54, 1.807) is 17.5 Å². The maximum absolute atomic E-state index is 5.73. The average molecular weight is 355 g/mol. The van der Waals surface area contributed by atoms with E-state index in [1.807, 2.05) is 20.0 Å². The molecule has 0 aromatic carbocycles. The lowest BCUT2D eigenvalue weighted by Gasteiger charge is -2.19. The predicted octanol–water partition coefficient (Wildman–Crippen LogP) is 4.39. The van der Waals surface area contributed by atoms with Crippen LogP contribution in [-0.4, -0.2) is 17.6 Å². The Kier molecular flexibility index (Phi) is 5.57. The van der Waals surface area contributed by atoms with E-state index in [0.29, 0.717) is 0 Å². The van der Waals surface area contributed by atoms with Gasteiger partial charge in [0, 0.05) is 15.5 Å². The quantitative estimate of drug-likeness (QED) is 0.834. The second kappa shape index (κ2) is 7.20. The Labute approximate surface area is 132 Å². The Balaban J connectivity index is 2.32. The molecule has 3 nitrogen and oxygen atoms in total. The highest BCUT2D eigenvalue weighted by Crippen LogP contribution is 2.33. The van der Waals surface area contributed by atoms with Crippen molar-refractivity contribution in [1.82, 2.24) is 10.3 Å². The van der Waals surface area contributed by atoms with Gasteiger partial charge in [-0.3, -0.25) is 4.98 Å². The van der Waals surface area contributed by atoms with Crippen molar-refractivity contribution in [3.8, 4) is 5.75 Å². The monoisotopic (exact) mass is 354 g/mol. The van der Waals surface area contributed by atoms with Gasteiger partial charge in [0.15, 0.2) is 0 Å². The Morgan fingerprint density at radius 3 is 2.80 bits per heavy atom. The third-order valence-corrected chi connectivity index (χ3v) is 4.69. The molecule has 1 N–H and O–H groups in total. The van der Waals surface area contributed by atoms with Crippen LogP contribution in [-0.2, 0) is 0 Å². The molecule has 1 unspecified atom stereocenters. The van der Waals surface area contributed by atoms with E-state index in [-0.39, 0.29) is 12.1 Å². The first-order valence-corrected chi connectivity index (χ1v) is 8.37. The van der Waals surface area contributed by atoms with Crippen LogP contribution in [0.3, 0.4) is 0 Å². The molecule has 0 bridgehead atoms. The SMILES string of the molecule is CCNC(c1cncc(OC(C)C)c1)c1sccc1Br. The molecule has 0 amide bonds. The van der Waals surface area contributed by atoms with Crippen LogP contribution in [0.2, 0.25) is 0 Å². The first-order valence-electron chi connectivity index (χ1n) is 6.69. The van der Waals surface area contributed by atoms with Gasteiger partial charge in [-0.2, -0.15) is 0 Å². The summed E-state index contributed by atoms with van der Waals surface area (Å²) in [4.78, 5) is 5.56. The molecule has 108 valence electrons. The Morgan fingerprint density at radius 2 is 2.20 bits per heavy atom.